The van der Waals surface area contributed by atoms with Crippen molar-refractivity contribution in [3.05, 3.63) is 71.5 Å². The fraction of sp³-hybridized carbons (Fsp3) is 0.174. The number of nitrogens with zero attached hydrogens (tertiary/aromatic N) is 4. The van der Waals surface area contributed by atoms with Crippen LogP contribution in [0.25, 0.3) is 16.9 Å². The van der Waals surface area contributed by atoms with Crippen LogP contribution in [0.3, 0.4) is 0 Å². The molecule has 0 spiro atoms. The number of aromatic nitrogens is 3. The van der Waals surface area contributed by atoms with Crippen LogP contribution in [0.5, 0.6) is 5.75 Å². The van der Waals surface area contributed by atoms with Gasteiger partial charge in [-0.25, -0.2) is 18.9 Å². The van der Waals surface area contributed by atoms with Crippen molar-refractivity contribution in [2.75, 3.05) is 13.7 Å². The Balaban J connectivity index is 1.40. The highest BCUT2D eigenvalue weighted by atomic mass is 19.1. The number of fused-ring (bicyclic) bond motifs is 2. The van der Waals surface area contributed by atoms with Crippen molar-refractivity contribution in [2.24, 2.45) is 0 Å². The molecule has 0 radical (unpaired) electrons. The number of amides is 4. The number of nitrogens with one attached hydrogen (secondary N) is 2. The second kappa shape index (κ2) is 7.38. The number of ether oxygens (including phenoxy) is 1. The minimum Gasteiger partial charge on any atom is -0.494 e. The number of carbonyl (C=O) groups excluding carboxylic acids is 3. The Labute approximate surface area is 196 Å². The van der Waals surface area contributed by atoms with E-state index in [-0.39, 0.29) is 30.2 Å². The molecule has 1 saturated heterocycles. The second-order valence-corrected chi connectivity index (χ2v) is 8.20. The summed E-state index contributed by atoms with van der Waals surface area (Å²) < 4.78 is 27.3. The summed E-state index contributed by atoms with van der Waals surface area (Å²) in [4.78, 5) is 44.2. The molecule has 0 bridgehead atoms. The zero-order valence-electron chi connectivity index (χ0n) is 18.2. The van der Waals surface area contributed by atoms with Crippen LogP contribution in [-0.2, 0) is 16.9 Å². The predicted molar refractivity (Wildman–Crippen MR) is 117 cm³/mol. The van der Waals surface area contributed by atoms with Crippen LogP contribution in [0.4, 0.5) is 9.18 Å². The molecule has 1 atom stereocenters. The van der Waals surface area contributed by atoms with Gasteiger partial charge in [-0.05, 0) is 29.8 Å². The molecule has 1 aromatic carbocycles. The van der Waals surface area contributed by atoms with Crippen molar-refractivity contribution >= 4 is 28.9 Å². The predicted octanol–water partition coefficient (Wildman–Crippen LogP) is 1.85. The Morgan fingerprint density at radius 3 is 2.80 bits per heavy atom. The van der Waals surface area contributed by atoms with Gasteiger partial charge in [-0.2, -0.15) is 5.10 Å². The summed E-state index contributed by atoms with van der Waals surface area (Å²) in [5.41, 5.74) is -0.617. The average Bonchev–Trinajstić information content (AvgIpc) is 3.61. The maximum atomic E-state index is 14.8. The van der Waals surface area contributed by atoms with Gasteiger partial charge in [-0.3, -0.25) is 14.9 Å². The van der Waals surface area contributed by atoms with Crippen molar-refractivity contribution < 1.29 is 27.9 Å². The minimum absolute atomic E-state index is 0.0436. The molecule has 2 aliphatic heterocycles. The molecule has 1 fully saturated rings. The van der Waals surface area contributed by atoms with Gasteiger partial charge >= 0.3 is 6.03 Å². The van der Waals surface area contributed by atoms with Crippen molar-refractivity contribution in [2.45, 2.75) is 12.1 Å². The van der Waals surface area contributed by atoms with Gasteiger partial charge in [0, 0.05) is 25.0 Å². The zero-order valence-corrected chi connectivity index (χ0v) is 18.2. The van der Waals surface area contributed by atoms with E-state index in [2.05, 4.69) is 20.7 Å². The first-order chi connectivity index (χ1) is 16.9. The highest BCUT2D eigenvalue weighted by Crippen LogP contribution is 2.36. The average molecular weight is 476 g/mol. The van der Waals surface area contributed by atoms with Gasteiger partial charge in [0.2, 0.25) is 0 Å². The first-order valence-electron chi connectivity index (χ1n) is 10.6. The number of carbonyl (C=O) groups is 3. The van der Waals surface area contributed by atoms with Gasteiger partial charge < -0.3 is 19.4 Å². The van der Waals surface area contributed by atoms with E-state index in [1.165, 1.54) is 24.1 Å². The molecule has 4 aromatic rings. The van der Waals surface area contributed by atoms with E-state index in [0.29, 0.717) is 22.5 Å². The number of urea groups is 1. The van der Waals surface area contributed by atoms with E-state index in [9.17, 15) is 18.8 Å². The van der Waals surface area contributed by atoms with Crippen molar-refractivity contribution in [1.29, 1.82) is 0 Å². The maximum Gasteiger partial charge on any atom is 0.322 e. The molecule has 2 N–H and O–H groups in total. The molecule has 35 heavy (non-hydrogen) atoms. The topological polar surface area (TPSA) is 132 Å². The minimum atomic E-state index is -1.73. The van der Waals surface area contributed by atoms with Gasteiger partial charge in [-0.1, -0.05) is 6.07 Å². The molecule has 3 aromatic heterocycles. The molecule has 176 valence electrons. The number of rotatable bonds is 5. The third kappa shape index (κ3) is 3.06. The summed E-state index contributed by atoms with van der Waals surface area (Å²) in [5.74, 6) is -1.54. The zero-order chi connectivity index (χ0) is 24.3. The molecule has 4 amide bonds. The van der Waals surface area contributed by atoms with E-state index in [4.69, 9.17) is 9.15 Å². The number of hydrogen-bond donors (Lipinski definition) is 2. The van der Waals surface area contributed by atoms with Gasteiger partial charge in [0.15, 0.2) is 28.5 Å². The molecule has 1 unspecified atom stereocenters. The third-order valence-corrected chi connectivity index (χ3v) is 6.16. The molecule has 11 nitrogen and oxygen atoms in total. The number of pyridine rings is 1. The SMILES string of the molecule is COc1ccc2c(c1F)C(=O)N(CC1(c3cc4nc(-n5cccn5)ccc4o3)NC(=O)NC1=O)C2. The Bertz CT molecular complexity index is 1530. The summed E-state index contributed by atoms with van der Waals surface area (Å²) in [6.07, 6.45) is 3.34. The molecular weight excluding hydrogens is 459 g/mol. The van der Waals surface area contributed by atoms with Crippen LogP contribution >= 0.6 is 0 Å². The van der Waals surface area contributed by atoms with Crippen molar-refractivity contribution in [3.63, 3.8) is 0 Å². The summed E-state index contributed by atoms with van der Waals surface area (Å²) in [6.45, 7) is -0.242. The smallest absolute Gasteiger partial charge is 0.322 e. The summed E-state index contributed by atoms with van der Waals surface area (Å²) >= 11 is 0. The highest BCUT2D eigenvalue weighted by molar-refractivity contribution is 6.08. The summed E-state index contributed by atoms with van der Waals surface area (Å²) in [5, 5.41) is 8.95. The van der Waals surface area contributed by atoms with Crippen LogP contribution < -0.4 is 15.4 Å². The molecule has 2 aliphatic rings. The molecule has 12 heteroatoms. The second-order valence-electron chi connectivity index (χ2n) is 8.20. The lowest BCUT2D eigenvalue weighted by Gasteiger charge is -2.28. The van der Waals surface area contributed by atoms with E-state index in [0.717, 1.165) is 0 Å². The first kappa shape index (κ1) is 20.8. The number of furan rings is 1. The van der Waals surface area contributed by atoms with E-state index in [1.807, 2.05) is 0 Å². The fourth-order valence-corrected chi connectivity index (χ4v) is 4.48. The molecular formula is C23H17FN6O5. The van der Waals surface area contributed by atoms with E-state index < -0.39 is 29.2 Å². The lowest BCUT2D eigenvalue weighted by molar-refractivity contribution is -0.125. The lowest BCUT2D eigenvalue weighted by Crippen LogP contribution is -2.52. The van der Waals surface area contributed by atoms with Crippen LogP contribution in [0.15, 0.2) is 53.2 Å². The van der Waals surface area contributed by atoms with Crippen LogP contribution in [0, 0.1) is 5.82 Å². The number of benzene rings is 1. The number of halogens is 1. The standard InChI is InChI=1S/C23H17FN6O5/c1-34-15-4-3-12-10-29(20(31)18(12)19(15)24)11-23(21(32)27-22(33)28-23)16-9-13-14(35-16)5-6-17(26-13)30-8-2-7-25-30/h2-9H,10-11H2,1H3,(H2,27,28,32,33). The van der Waals surface area contributed by atoms with Gasteiger partial charge in [0.05, 0.1) is 19.2 Å². The molecule has 0 aliphatic carbocycles. The highest BCUT2D eigenvalue weighted by Gasteiger charge is 2.53. The third-order valence-electron chi connectivity index (χ3n) is 6.16. The van der Waals surface area contributed by atoms with Gasteiger partial charge in [-0.15, -0.1) is 0 Å². The Kier molecular flexibility index (Phi) is 4.40. The fourth-order valence-electron chi connectivity index (χ4n) is 4.48. The number of hydrogen-bond acceptors (Lipinski definition) is 7. The Hall–Kier alpha value is -4.74. The van der Waals surface area contributed by atoms with Gasteiger partial charge in [0.25, 0.3) is 11.8 Å². The van der Waals surface area contributed by atoms with E-state index in [1.54, 1.807) is 41.3 Å². The Morgan fingerprint density at radius 2 is 2.09 bits per heavy atom. The summed E-state index contributed by atoms with van der Waals surface area (Å²) in [6, 6.07) is 8.94. The van der Waals surface area contributed by atoms with E-state index >= 15 is 0 Å². The largest absolute Gasteiger partial charge is 0.494 e. The first-order valence-corrected chi connectivity index (χ1v) is 10.6. The number of methoxy groups -OCH3 is 1. The summed E-state index contributed by atoms with van der Waals surface area (Å²) in [7, 11) is 1.31. The Morgan fingerprint density at radius 1 is 1.23 bits per heavy atom. The molecule has 5 heterocycles. The molecule has 0 saturated carbocycles. The van der Waals surface area contributed by atoms with Crippen molar-refractivity contribution in [1.82, 2.24) is 30.3 Å². The normalized spacial score (nSPS) is 19.3. The van der Waals surface area contributed by atoms with Crippen molar-refractivity contribution in [3.8, 4) is 11.6 Å². The van der Waals surface area contributed by atoms with Gasteiger partial charge in [0.1, 0.15) is 11.3 Å². The van der Waals surface area contributed by atoms with Crippen LogP contribution in [0.1, 0.15) is 21.7 Å². The number of imide groups is 1. The lowest BCUT2D eigenvalue weighted by atomic mass is 9.95. The van der Waals surface area contributed by atoms with Crippen LogP contribution in [-0.4, -0.2) is 51.2 Å². The maximum absolute atomic E-state index is 14.8. The monoisotopic (exact) mass is 476 g/mol. The van der Waals surface area contributed by atoms with Crippen LogP contribution in [0.2, 0.25) is 0 Å². The quantitative estimate of drug-likeness (QED) is 0.420. The molecule has 6 rings (SSSR count).